The monoisotopic (exact) mass is 373 g/mol. The van der Waals surface area contributed by atoms with Crippen LogP contribution in [0.25, 0.3) is 0 Å². The van der Waals surface area contributed by atoms with Crippen molar-refractivity contribution in [1.82, 2.24) is 25.3 Å². The fourth-order valence-corrected chi connectivity index (χ4v) is 2.21. The van der Waals surface area contributed by atoms with Gasteiger partial charge in [-0.2, -0.15) is 5.10 Å². The summed E-state index contributed by atoms with van der Waals surface area (Å²) in [6.45, 7) is 2.45. The molecule has 0 aromatic carbocycles. The molecule has 27 heavy (non-hydrogen) atoms. The summed E-state index contributed by atoms with van der Waals surface area (Å²) in [6.07, 6.45) is 2.97. The van der Waals surface area contributed by atoms with E-state index in [1.54, 1.807) is 12.1 Å². The van der Waals surface area contributed by atoms with Gasteiger partial charge in [-0.1, -0.05) is 5.10 Å². The number of carbonyl (C=O) groups is 2. The molecule has 3 rings (SSSR count). The van der Waals surface area contributed by atoms with E-state index in [1.165, 1.54) is 17.1 Å². The van der Waals surface area contributed by atoms with E-state index in [9.17, 15) is 19.7 Å². The molecule has 3 N–H and O–H groups in total. The quantitative estimate of drug-likeness (QED) is 0.415. The molecule has 0 aliphatic heterocycles. The molecular weight excluding hydrogens is 358 g/mol. The fraction of sp³-hybridized carbons (Fsp3) is 0.200. The van der Waals surface area contributed by atoms with E-state index >= 15 is 0 Å². The minimum absolute atomic E-state index is 0.00166. The lowest BCUT2D eigenvalue weighted by Gasteiger charge is -2.04. The van der Waals surface area contributed by atoms with Crippen LogP contribution in [0.4, 0.5) is 11.5 Å². The van der Waals surface area contributed by atoms with Crippen molar-refractivity contribution < 1.29 is 18.9 Å². The first-order chi connectivity index (χ1) is 13.0. The molecule has 0 unspecified atom stereocenters. The molecule has 0 bridgehead atoms. The Kier molecular flexibility index (Phi) is 4.97. The van der Waals surface area contributed by atoms with E-state index in [4.69, 9.17) is 4.42 Å². The average molecular weight is 373 g/mol. The van der Waals surface area contributed by atoms with Gasteiger partial charge in [0.05, 0.1) is 24.6 Å². The lowest BCUT2D eigenvalue weighted by Crippen LogP contribution is -2.25. The predicted molar refractivity (Wildman–Crippen MR) is 91.0 cm³/mol. The molecule has 3 aromatic heterocycles. The van der Waals surface area contributed by atoms with E-state index in [-0.39, 0.29) is 23.6 Å². The first kappa shape index (κ1) is 17.8. The zero-order valence-electron chi connectivity index (χ0n) is 14.1. The topological polar surface area (TPSA) is 161 Å². The third kappa shape index (κ3) is 4.00. The van der Waals surface area contributed by atoms with Gasteiger partial charge in [0.1, 0.15) is 5.76 Å². The van der Waals surface area contributed by atoms with Crippen molar-refractivity contribution in [3.05, 3.63) is 57.9 Å². The van der Waals surface area contributed by atoms with Crippen LogP contribution < -0.4 is 10.6 Å². The number of hydrogen-bond acceptors (Lipinski definition) is 7. The Balaban J connectivity index is 1.75. The maximum absolute atomic E-state index is 12.4. The highest BCUT2D eigenvalue weighted by Gasteiger charge is 2.22. The van der Waals surface area contributed by atoms with Crippen molar-refractivity contribution in [2.45, 2.75) is 20.0 Å². The van der Waals surface area contributed by atoms with Gasteiger partial charge in [0, 0.05) is 12.7 Å². The van der Waals surface area contributed by atoms with Crippen LogP contribution >= 0.6 is 0 Å². The van der Waals surface area contributed by atoms with Gasteiger partial charge in [0.2, 0.25) is 0 Å². The molecule has 140 valence electrons. The summed E-state index contributed by atoms with van der Waals surface area (Å²) in [5, 5.41) is 25.7. The Hall–Kier alpha value is -3.96. The molecule has 0 radical (unpaired) electrons. The van der Waals surface area contributed by atoms with Gasteiger partial charge in [-0.15, -0.1) is 5.10 Å². The van der Waals surface area contributed by atoms with E-state index in [1.807, 2.05) is 6.92 Å². The van der Waals surface area contributed by atoms with Gasteiger partial charge < -0.3 is 25.2 Å². The number of H-pyrrole nitrogens is 1. The minimum Gasteiger partial charge on any atom is -0.467 e. The summed E-state index contributed by atoms with van der Waals surface area (Å²) in [7, 11) is 0. The highest BCUT2D eigenvalue weighted by Crippen LogP contribution is 2.16. The summed E-state index contributed by atoms with van der Waals surface area (Å²) in [6, 6.07) is 4.40. The van der Waals surface area contributed by atoms with Crippen molar-refractivity contribution in [3.63, 3.8) is 0 Å². The third-order valence-electron chi connectivity index (χ3n) is 3.55. The lowest BCUT2D eigenvalue weighted by atomic mass is 10.3. The number of amides is 2. The maximum Gasteiger partial charge on any atom is 0.343 e. The minimum atomic E-state index is -0.713. The molecule has 2 amide bonds. The third-order valence-corrected chi connectivity index (χ3v) is 3.55. The summed E-state index contributed by atoms with van der Waals surface area (Å²) in [4.78, 5) is 34.7. The second kappa shape index (κ2) is 7.51. The van der Waals surface area contributed by atoms with Gasteiger partial charge in [0.15, 0.2) is 11.4 Å². The maximum atomic E-state index is 12.4. The Morgan fingerprint density at radius 1 is 1.41 bits per heavy atom. The number of nitro groups is 1. The normalized spacial score (nSPS) is 10.6. The predicted octanol–water partition coefficient (Wildman–Crippen LogP) is 1.31. The smallest absolute Gasteiger partial charge is 0.343 e. The Morgan fingerprint density at radius 3 is 2.85 bits per heavy atom. The largest absolute Gasteiger partial charge is 0.467 e. The number of rotatable bonds is 7. The Bertz CT molecular complexity index is 973. The number of anilines is 1. The number of aromatic amines is 1. The van der Waals surface area contributed by atoms with E-state index < -0.39 is 22.6 Å². The van der Waals surface area contributed by atoms with Crippen molar-refractivity contribution >= 4 is 23.3 Å². The van der Waals surface area contributed by atoms with E-state index in [0.717, 1.165) is 6.07 Å². The van der Waals surface area contributed by atoms with Crippen LogP contribution in [0.1, 0.15) is 33.7 Å². The number of carbonyl (C=O) groups excluding carboxylic acids is 2. The van der Waals surface area contributed by atoms with Gasteiger partial charge in [-0.05, 0) is 24.0 Å². The highest BCUT2D eigenvalue weighted by atomic mass is 16.6. The Morgan fingerprint density at radius 2 is 2.22 bits per heavy atom. The first-order valence-electron chi connectivity index (χ1n) is 7.87. The Labute approximate surface area is 151 Å². The second-order valence-corrected chi connectivity index (χ2v) is 5.36. The second-order valence-electron chi connectivity index (χ2n) is 5.36. The van der Waals surface area contributed by atoms with Gasteiger partial charge in [-0.25, -0.2) is 0 Å². The molecule has 0 saturated carbocycles. The summed E-state index contributed by atoms with van der Waals surface area (Å²) < 4.78 is 6.62. The molecule has 0 fully saturated rings. The van der Waals surface area contributed by atoms with Crippen LogP contribution in [0, 0.1) is 10.1 Å². The van der Waals surface area contributed by atoms with Gasteiger partial charge in [0.25, 0.3) is 11.8 Å². The van der Waals surface area contributed by atoms with Crippen molar-refractivity contribution in [2.24, 2.45) is 0 Å². The van der Waals surface area contributed by atoms with Crippen LogP contribution in [-0.4, -0.2) is 36.7 Å². The van der Waals surface area contributed by atoms with Crippen molar-refractivity contribution in [3.8, 4) is 0 Å². The number of hydrogen-bond donors (Lipinski definition) is 3. The molecule has 0 atom stereocenters. The van der Waals surface area contributed by atoms with Gasteiger partial charge >= 0.3 is 5.82 Å². The van der Waals surface area contributed by atoms with Crippen LogP contribution in [0.2, 0.25) is 0 Å². The number of nitrogens with zero attached hydrogens (tertiary/aromatic N) is 4. The van der Waals surface area contributed by atoms with Crippen LogP contribution in [-0.2, 0) is 13.1 Å². The fourth-order valence-electron chi connectivity index (χ4n) is 2.21. The molecule has 0 aliphatic carbocycles. The number of aromatic nitrogens is 4. The molecule has 12 heteroatoms. The number of aryl methyl sites for hydroxylation is 1. The van der Waals surface area contributed by atoms with Crippen LogP contribution in [0.5, 0.6) is 0 Å². The summed E-state index contributed by atoms with van der Waals surface area (Å²) in [5.41, 5.74) is -0.0286. The molecule has 0 aliphatic rings. The lowest BCUT2D eigenvalue weighted by molar-refractivity contribution is -0.389. The van der Waals surface area contributed by atoms with Gasteiger partial charge in [-0.3, -0.25) is 14.3 Å². The zero-order valence-corrected chi connectivity index (χ0v) is 14.1. The first-order valence-corrected chi connectivity index (χ1v) is 7.87. The van der Waals surface area contributed by atoms with Crippen molar-refractivity contribution in [1.29, 1.82) is 0 Å². The number of nitrogens with one attached hydrogen (secondary N) is 3. The average Bonchev–Trinajstić information content (AvgIpc) is 3.39. The van der Waals surface area contributed by atoms with Crippen molar-refractivity contribution in [2.75, 3.05) is 5.32 Å². The van der Waals surface area contributed by atoms with Crippen LogP contribution in [0.3, 0.4) is 0 Å². The molecule has 3 aromatic rings. The molecule has 3 heterocycles. The highest BCUT2D eigenvalue weighted by molar-refractivity contribution is 6.07. The molecule has 0 saturated heterocycles. The van der Waals surface area contributed by atoms with E-state index in [2.05, 4.69) is 25.9 Å². The number of furan rings is 1. The molecule has 12 nitrogen and oxygen atoms in total. The summed E-state index contributed by atoms with van der Waals surface area (Å²) in [5.74, 6) is -1.08. The zero-order chi connectivity index (χ0) is 19.4. The standard InChI is InChI=1S/C15H15N7O5/c1-2-21-8-11(17-14(23)10-6-12(19-18-10)22(25)26)13(20-21)15(24)16-7-9-4-3-5-27-9/h3-6,8H,2,7H2,1H3,(H,16,24)(H,17,23)(H,18,19). The van der Waals surface area contributed by atoms with E-state index in [0.29, 0.717) is 12.3 Å². The molecule has 0 spiro atoms. The summed E-state index contributed by atoms with van der Waals surface area (Å²) >= 11 is 0. The molecular formula is C15H15N7O5. The van der Waals surface area contributed by atoms with Crippen LogP contribution in [0.15, 0.2) is 35.1 Å². The SMILES string of the molecule is CCn1cc(NC(=O)c2cc([N+](=O)[O-])[nH]n2)c(C(=O)NCc2ccco2)n1.